The monoisotopic (exact) mass is 468 g/mol. The minimum absolute atomic E-state index is 0.0222. The molecule has 0 heterocycles. The Morgan fingerprint density at radius 1 is 1.03 bits per heavy atom. The van der Waals surface area contributed by atoms with E-state index in [1.165, 1.54) is 31.3 Å². The number of hydrogen-bond donors (Lipinski definition) is 1. The first kappa shape index (κ1) is 24.8. The fourth-order valence-electron chi connectivity index (χ4n) is 2.81. The fraction of sp³-hybridized carbons (Fsp3) is 0.381. The summed E-state index contributed by atoms with van der Waals surface area (Å²) in [6.07, 6.45) is 2.57. The molecule has 0 spiro atoms. The predicted molar refractivity (Wildman–Crippen MR) is 118 cm³/mol. The van der Waals surface area contributed by atoms with E-state index in [-0.39, 0.29) is 15.7 Å². The van der Waals surface area contributed by atoms with Gasteiger partial charge < -0.3 is 9.64 Å². The molecule has 2 aromatic rings. The van der Waals surface area contributed by atoms with Crippen molar-refractivity contribution in [1.29, 1.82) is 0 Å². The topological polar surface area (TPSA) is 110 Å². The third kappa shape index (κ3) is 7.64. The fourth-order valence-corrected chi connectivity index (χ4v) is 4.19. The Morgan fingerprint density at radius 3 is 2.32 bits per heavy atom. The number of rotatable bonds is 11. The van der Waals surface area contributed by atoms with Crippen LogP contribution in [0, 0.1) is 0 Å². The van der Waals surface area contributed by atoms with Gasteiger partial charge in [-0.1, -0.05) is 18.2 Å². The smallest absolute Gasteiger partial charge is 0.240 e. The van der Waals surface area contributed by atoms with Gasteiger partial charge in [-0.3, -0.25) is 4.79 Å². The van der Waals surface area contributed by atoms with E-state index >= 15 is 0 Å². The minimum Gasteiger partial charge on any atom is -0.493 e. The second kappa shape index (κ2) is 10.7. The first-order valence-corrected chi connectivity index (χ1v) is 13.1. The molecule has 0 fully saturated rings. The normalized spacial score (nSPS) is 11.8. The van der Waals surface area contributed by atoms with Crippen LogP contribution >= 0.6 is 0 Å². The van der Waals surface area contributed by atoms with Crippen LogP contribution in [0.2, 0.25) is 0 Å². The van der Waals surface area contributed by atoms with Gasteiger partial charge >= 0.3 is 0 Å². The third-order valence-corrected chi connectivity index (χ3v) is 7.24. The minimum atomic E-state index is -3.47. The van der Waals surface area contributed by atoms with Crippen molar-refractivity contribution in [2.24, 2.45) is 0 Å². The number of amides is 1. The van der Waals surface area contributed by atoms with E-state index in [0.717, 1.165) is 11.8 Å². The van der Waals surface area contributed by atoms with Crippen LogP contribution in [0.4, 0.5) is 0 Å². The van der Waals surface area contributed by atoms with Gasteiger partial charge in [0.1, 0.15) is 5.75 Å². The highest BCUT2D eigenvalue weighted by Gasteiger charge is 2.12. The largest absolute Gasteiger partial charge is 0.493 e. The summed E-state index contributed by atoms with van der Waals surface area (Å²) in [5.41, 5.74) is 0.880. The van der Waals surface area contributed by atoms with E-state index in [4.69, 9.17) is 4.74 Å². The second-order valence-electron chi connectivity index (χ2n) is 7.12. The van der Waals surface area contributed by atoms with E-state index in [1.807, 2.05) is 0 Å². The molecular weight excluding hydrogens is 440 g/mol. The molecule has 2 rings (SSSR count). The van der Waals surface area contributed by atoms with Crippen molar-refractivity contribution in [2.45, 2.75) is 29.1 Å². The van der Waals surface area contributed by atoms with E-state index in [0.29, 0.717) is 38.2 Å². The average molecular weight is 469 g/mol. The summed E-state index contributed by atoms with van der Waals surface area (Å²) in [6.45, 7) is 0.857. The summed E-state index contributed by atoms with van der Waals surface area (Å²) in [7, 11) is -3.68. The summed E-state index contributed by atoms with van der Waals surface area (Å²) in [4.78, 5) is 14.3. The van der Waals surface area contributed by atoms with Crippen molar-refractivity contribution in [3.63, 3.8) is 0 Å². The van der Waals surface area contributed by atoms with Gasteiger partial charge in [-0.2, -0.15) is 0 Å². The lowest BCUT2D eigenvalue weighted by Crippen LogP contribution is -2.28. The van der Waals surface area contributed by atoms with E-state index in [1.54, 1.807) is 36.2 Å². The van der Waals surface area contributed by atoms with Gasteiger partial charge in [-0.05, 0) is 55.8 Å². The van der Waals surface area contributed by atoms with Crippen molar-refractivity contribution in [3.05, 3.63) is 54.1 Å². The van der Waals surface area contributed by atoms with Crippen LogP contribution in [0.1, 0.15) is 18.4 Å². The third-order valence-electron chi connectivity index (χ3n) is 4.70. The highest BCUT2D eigenvalue weighted by atomic mass is 32.2. The number of hydrogen-bond acceptors (Lipinski definition) is 6. The van der Waals surface area contributed by atoms with E-state index in [9.17, 15) is 21.6 Å². The maximum Gasteiger partial charge on any atom is 0.240 e. The van der Waals surface area contributed by atoms with Crippen LogP contribution in [0.25, 0.3) is 0 Å². The Bertz CT molecular complexity index is 1100. The number of benzene rings is 2. The van der Waals surface area contributed by atoms with E-state index < -0.39 is 19.9 Å². The Labute approximate surface area is 184 Å². The Balaban J connectivity index is 1.75. The zero-order valence-electron chi connectivity index (χ0n) is 17.9. The van der Waals surface area contributed by atoms with Crippen molar-refractivity contribution in [2.75, 3.05) is 33.5 Å². The maximum atomic E-state index is 12.3. The summed E-state index contributed by atoms with van der Waals surface area (Å²) < 4.78 is 54.5. The van der Waals surface area contributed by atoms with Crippen molar-refractivity contribution < 1.29 is 26.4 Å². The molecule has 170 valence electrons. The SMILES string of the molecule is CNS(=O)(=O)c1ccc(CCC(=O)N(C)CCCOc2cccc(S(C)(=O)=O)c2)cc1. The highest BCUT2D eigenvalue weighted by Crippen LogP contribution is 2.17. The number of carbonyl (C=O) groups excluding carboxylic acids is 1. The summed E-state index contributed by atoms with van der Waals surface area (Å²) in [6, 6.07) is 12.8. The molecule has 1 amide bonds. The van der Waals surface area contributed by atoms with Crippen LogP contribution in [-0.2, 0) is 31.1 Å². The number of sulfone groups is 1. The molecule has 10 heteroatoms. The van der Waals surface area contributed by atoms with Gasteiger partial charge in [0.05, 0.1) is 16.4 Å². The predicted octanol–water partition coefficient (Wildman–Crippen LogP) is 1.86. The van der Waals surface area contributed by atoms with Gasteiger partial charge in [0, 0.05) is 26.3 Å². The number of ether oxygens (including phenoxy) is 1. The zero-order valence-corrected chi connectivity index (χ0v) is 19.5. The molecule has 2 aromatic carbocycles. The van der Waals surface area contributed by atoms with Crippen molar-refractivity contribution >= 4 is 25.8 Å². The molecule has 0 bridgehead atoms. The standard InChI is InChI=1S/C21H28N2O6S2/c1-22-31(27,28)19-11-8-17(9-12-19)10-13-21(24)23(2)14-5-15-29-18-6-4-7-20(16-18)30(3,25)26/h4,6-9,11-12,16,22H,5,10,13-15H2,1-3H3. The van der Waals surface area contributed by atoms with Crippen molar-refractivity contribution in [1.82, 2.24) is 9.62 Å². The molecule has 1 N–H and O–H groups in total. The van der Waals surface area contributed by atoms with Crippen molar-refractivity contribution in [3.8, 4) is 5.75 Å². The van der Waals surface area contributed by atoms with Gasteiger partial charge in [-0.25, -0.2) is 21.6 Å². The van der Waals surface area contributed by atoms with Gasteiger partial charge in [0.2, 0.25) is 15.9 Å². The molecule has 0 saturated carbocycles. The van der Waals surface area contributed by atoms with Gasteiger partial charge in [0.15, 0.2) is 9.84 Å². The number of aryl methyl sites for hydroxylation is 1. The lowest BCUT2D eigenvalue weighted by molar-refractivity contribution is -0.129. The van der Waals surface area contributed by atoms with E-state index in [2.05, 4.69) is 4.72 Å². The lowest BCUT2D eigenvalue weighted by Gasteiger charge is -2.17. The molecule has 0 saturated heterocycles. The van der Waals surface area contributed by atoms with Crippen LogP contribution in [0.5, 0.6) is 5.75 Å². The molecule has 0 aliphatic heterocycles. The molecule has 0 radical (unpaired) electrons. The first-order valence-electron chi connectivity index (χ1n) is 9.72. The Morgan fingerprint density at radius 2 is 1.71 bits per heavy atom. The van der Waals surface area contributed by atoms with Crippen LogP contribution < -0.4 is 9.46 Å². The summed E-state index contributed by atoms with van der Waals surface area (Å²) in [5.74, 6) is 0.451. The summed E-state index contributed by atoms with van der Waals surface area (Å²) in [5, 5.41) is 0. The molecule has 0 unspecified atom stereocenters. The van der Waals surface area contributed by atoms with Crippen LogP contribution in [0.15, 0.2) is 58.3 Å². The number of carbonyl (C=O) groups is 1. The Kier molecular flexibility index (Phi) is 8.60. The number of sulfonamides is 1. The molecule has 31 heavy (non-hydrogen) atoms. The molecule has 0 aromatic heterocycles. The molecular formula is C21H28N2O6S2. The number of nitrogens with zero attached hydrogens (tertiary/aromatic N) is 1. The molecule has 0 atom stereocenters. The molecule has 8 nitrogen and oxygen atoms in total. The first-order chi connectivity index (χ1) is 14.5. The summed E-state index contributed by atoms with van der Waals surface area (Å²) >= 11 is 0. The number of nitrogens with one attached hydrogen (secondary N) is 1. The maximum absolute atomic E-state index is 12.3. The molecule has 0 aliphatic carbocycles. The van der Waals surface area contributed by atoms with Crippen LogP contribution in [0.3, 0.4) is 0 Å². The molecule has 0 aliphatic rings. The Hall–Kier alpha value is -2.43. The van der Waals surface area contributed by atoms with Gasteiger partial charge in [0.25, 0.3) is 0 Å². The zero-order chi connectivity index (χ0) is 23.1. The second-order valence-corrected chi connectivity index (χ2v) is 11.0. The van der Waals surface area contributed by atoms with Gasteiger partial charge in [-0.15, -0.1) is 0 Å². The lowest BCUT2D eigenvalue weighted by atomic mass is 10.1. The van der Waals surface area contributed by atoms with Crippen LogP contribution in [-0.4, -0.2) is 61.1 Å². The average Bonchev–Trinajstić information content (AvgIpc) is 2.74. The quantitative estimate of drug-likeness (QED) is 0.504. The highest BCUT2D eigenvalue weighted by molar-refractivity contribution is 7.90.